The lowest BCUT2D eigenvalue weighted by molar-refractivity contribution is -0.144. The number of nitrogens with zero attached hydrogens (tertiary/aromatic N) is 3. The van der Waals surface area contributed by atoms with E-state index in [2.05, 4.69) is 0 Å². The molecule has 3 aliphatic rings. The zero-order valence-electron chi connectivity index (χ0n) is 19.7. The minimum Gasteiger partial charge on any atom is -0.340 e. The number of piperidine rings is 2. The standard InChI is InChI=1S/C27H31N3O3.H2S/c1-19-7-9-20(10-8-19)18-30-24(11-12-25(30)31)27(33)29-16-21-13-22(17-29)15-28(14-21)26(32)23-5-3-2-4-6-23;/h2-10,21-22,24H,11-18H2,1H3;1H2/t21?,22?,24-;/m0./s1. The molecule has 180 valence electrons. The first-order valence-electron chi connectivity index (χ1n) is 12.0. The second kappa shape index (κ2) is 10.2. The van der Waals surface area contributed by atoms with E-state index in [0.717, 1.165) is 17.5 Å². The average molecular weight is 480 g/mol. The van der Waals surface area contributed by atoms with E-state index in [9.17, 15) is 14.4 Å². The molecule has 3 amide bonds. The minimum absolute atomic E-state index is 0. The molecule has 3 fully saturated rings. The summed E-state index contributed by atoms with van der Waals surface area (Å²) in [7, 11) is 0. The van der Waals surface area contributed by atoms with E-state index in [1.807, 2.05) is 71.3 Å². The van der Waals surface area contributed by atoms with Crippen molar-refractivity contribution >= 4 is 31.2 Å². The Morgan fingerprint density at radius 3 is 2.15 bits per heavy atom. The fraction of sp³-hybridized carbons (Fsp3) is 0.444. The van der Waals surface area contributed by atoms with E-state index in [1.54, 1.807) is 4.90 Å². The van der Waals surface area contributed by atoms with Crippen molar-refractivity contribution in [2.75, 3.05) is 26.2 Å². The van der Waals surface area contributed by atoms with E-state index < -0.39 is 0 Å². The molecule has 5 rings (SSSR count). The largest absolute Gasteiger partial charge is 0.340 e. The van der Waals surface area contributed by atoms with Gasteiger partial charge in [-0.15, -0.1) is 0 Å². The van der Waals surface area contributed by atoms with Crippen molar-refractivity contribution in [3.63, 3.8) is 0 Å². The van der Waals surface area contributed by atoms with Crippen molar-refractivity contribution in [1.29, 1.82) is 0 Å². The molecule has 0 spiro atoms. The van der Waals surface area contributed by atoms with E-state index >= 15 is 0 Å². The monoisotopic (exact) mass is 479 g/mol. The lowest BCUT2D eigenvalue weighted by Crippen LogP contribution is -2.58. The van der Waals surface area contributed by atoms with Crippen LogP contribution in [-0.2, 0) is 16.1 Å². The van der Waals surface area contributed by atoms with Gasteiger partial charge in [0.15, 0.2) is 0 Å². The molecule has 3 aliphatic heterocycles. The summed E-state index contributed by atoms with van der Waals surface area (Å²) in [5.41, 5.74) is 2.96. The summed E-state index contributed by atoms with van der Waals surface area (Å²) in [6.45, 7) is 5.22. The van der Waals surface area contributed by atoms with Crippen LogP contribution in [0.4, 0.5) is 0 Å². The SMILES string of the molecule is Cc1ccc(CN2C(=O)CC[C@H]2C(=O)N2CC3CC(CN(C(=O)c4ccccc4)C3)C2)cc1.S. The lowest BCUT2D eigenvalue weighted by atomic mass is 9.84. The third kappa shape index (κ3) is 4.99. The zero-order chi connectivity index (χ0) is 22.9. The van der Waals surface area contributed by atoms with Gasteiger partial charge in [0.25, 0.3) is 5.91 Å². The van der Waals surface area contributed by atoms with Crippen molar-refractivity contribution in [3.8, 4) is 0 Å². The van der Waals surface area contributed by atoms with Gasteiger partial charge in [-0.3, -0.25) is 14.4 Å². The number of fused-ring (bicyclic) bond motifs is 2. The number of rotatable bonds is 4. The van der Waals surface area contributed by atoms with Crippen molar-refractivity contribution in [2.24, 2.45) is 11.8 Å². The molecule has 3 saturated heterocycles. The predicted octanol–water partition coefficient (Wildman–Crippen LogP) is 3.22. The Balaban J connectivity index is 0.00000274. The van der Waals surface area contributed by atoms with Gasteiger partial charge in [-0.25, -0.2) is 0 Å². The molecule has 0 N–H and O–H groups in total. The van der Waals surface area contributed by atoms with E-state index in [1.165, 1.54) is 5.56 Å². The van der Waals surface area contributed by atoms with Crippen molar-refractivity contribution < 1.29 is 14.4 Å². The summed E-state index contributed by atoms with van der Waals surface area (Å²) >= 11 is 0. The van der Waals surface area contributed by atoms with Gasteiger partial charge in [-0.2, -0.15) is 13.5 Å². The molecule has 0 aromatic heterocycles. The van der Waals surface area contributed by atoms with Gasteiger partial charge in [0.2, 0.25) is 11.8 Å². The van der Waals surface area contributed by atoms with E-state index in [0.29, 0.717) is 45.6 Å². The highest BCUT2D eigenvalue weighted by atomic mass is 32.1. The Hall–Kier alpha value is -2.80. The van der Waals surface area contributed by atoms with Crippen LogP contribution in [-0.4, -0.2) is 64.6 Å². The quantitative estimate of drug-likeness (QED) is 0.677. The summed E-state index contributed by atoms with van der Waals surface area (Å²) < 4.78 is 0. The Labute approximate surface area is 208 Å². The number of hydrogen-bond donors (Lipinski definition) is 0. The van der Waals surface area contributed by atoms with Crippen molar-refractivity contribution in [2.45, 2.75) is 38.8 Å². The highest BCUT2D eigenvalue weighted by Gasteiger charge is 2.43. The molecule has 2 bridgehead atoms. The molecule has 0 radical (unpaired) electrons. The van der Waals surface area contributed by atoms with Crippen LogP contribution in [0.2, 0.25) is 0 Å². The number of benzene rings is 2. The topological polar surface area (TPSA) is 60.9 Å². The van der Waals surface area contributed by atoms with Crippen LogP contribution in [0.15, 0.2) is 54.6 Å². The Bertz CT molecular complexity index is 1030. The maximum atomic E-state index is 13.5. The third-order valence-electron chi connectivity index (χ3n) is 7.29. The number of hydrogen-bond acceptors (Lipinski definition) is 3. The number of aryl methyl sites for hydroxylation is 1. The maximum absolute atomic E-state index is 13.5. The zero-order valence-corrected chi connectivity index (χ0v) is 20.7. The number of likely N-dealkylation sites (tertiary alicyclic amines) is 3. The first-order valence-corrected chi connectivity index (χ1v) is 12.0. The van der Waals surface area contributed by atoms with Gasteiger partial charge < -0.3 is 14.7 Å². The summed E-state index contributed by atoms with van der Waals surface area (Å²) in [5, 5.41) is 0. The smallest absolute Gasteiger partial charge is 0.253 e. The van der Waals surface area contributed by atoms with Gasteiger partial charge in [0.1, 0.15) is 6.04 Å². The molecule has 34 heavy (non-hydrogen) atoms. The summed E-state index contributed by atoms with van der Waals surface area (Å²) in [6, 6.07) is 17.2. The molecule has 7 heteroatoms. The van der Waals surface area contributed by atoms with Crippen LogP contribution in [0.3, 0.4) is 0 Å². The average Bonchev–Trinajstić information content (AvgIpc) is 3.19. The molecule has 6 nitrogen and oxygen atoms in total. The fourth-order valence-corrected chi connectivity index (χ4v) is 5.68. The normalized spacial score (nSPS) is 24.1. The van der Waals surface area contributed by atoms with Gasteiger partial charge in [-0.1, -0.05) is 48.0 Å². The van der Waals surface area contributed by atoms with Gasteiger partial charge in [0.05, 0.1) is 0 Å². The molecule has 2 aromatic carbocycles. The molecular weight excluding hydrogens is 446 g/mol. The van der Waals surface area contributed by atoms with E-state index in [4.69, 9.17) is 0 Å². The lowest BCUT2D eigenvalue weighted by Gasteiger charge is -2.46. The second-order valence-electron chi connectivity index (χ2n) is 9.85. The predicted molar refractivity (Wildman–Crippen MR) is 136 cm³/mol. The van der Waals surface area contributed by atoms with Crippen LogP contribution in [0, 0.1) is 18.8 Å². The first-order chi connectivity index (χ1) is 16.0. The van der Waals surface area contributed by atoms with Crippen LogP contribution in [0.25, 0.3) is 0 Å². The van der Waals surface area contributed by atoms with E-state index in [-0.39, 0.29) is 49.1 Å². The highest BCUT2D eigenvalue weighted by molar-refractivity contribution is 7.59. The molecular formula is C27H33N3O3S. The summed E-state index contributed by atoms with van der Waals surface area (Å²) in [4.78, 5) is 44.7. The fourth-order valence-electron chi connectivity index (χ4n) is 5.68. The number of carbonyl (C=O) groups excluding carboxylic acids is 3. The molecule has 3 atom stereocenters. The number of carbonyl (C=O) groups is 3. The molecule has 2 unspecified atom stereocenters. The Morgan fingerprint density at radius 2 is 1.50 bits per heavy atom. The second-order valence-corrected chi connectivity index (χ2v) is 9.85. The minimum atomic E-state index is -0.375. The van der Waals surface area contributed by atoms with Crippen LogP contribution in [0.1, 0.15) is 40.7 Å². The number of amides is 3. The van der Waals surface area contributed by atoms with Crippen molar-refractivity contribution in [3.05, 3.63) is 71.3 Å². The summed E-state index contributed by atoms with van der Waals surface area (Å²) in [5.74, 6) is 0.792. The highest BCUT2D eigenvalue weighted by Crippen LogP contribution is 2.32. The Morgan fingerprint density at radius 1 is 0.882 bits per heavy atom. The van der Waals surface area contributed by atoms with Crippen LogP contribution in [0.5, 0.6) is 0 Å². The third-order valence-corrected chi connectivity index (χ3v) is 7.29. The Kier molecular flexibility index (Phi) is 7.31. The van der Waals surface area contributed by atoms with Gasteiger partial charge in [-0.05, 0) is 49.3 Å². The van der Waals surface area contributed by atoms with Gasteiger partial charge in [0, 0.05) is 44.7 Å². The maximum Gasteiger partial charge on any atom is 0.253 e. The molecule has 2 aromatic rings. The first kappa shape index (κ1) is 24.3. The van der Waals surface area contributed by atoms with Crippen molar-refractivity contribution in [1.82, 2.24) is 14.7 Å². The van der Waals surface area contributed by atoms with Gasteiger partial charge >= 0.3 is 0 Å². The molecule has 3 heterocycles. The van der Waals surface area contributed by atoms with Crippen LogP contribution >= 0.6 is 13.5 Å². The van der Waals surface area contributed by atoms with Crippen LogP contribution < -0.4 is 0 Å². The molecule has 0 saturated carbocycles. The molecule has 0 aliphatic carbocycles. The summed E-state index contributed by atoms with van der Waals surface area (Å²) in [6.07, 6.45) is 2.08.